The summed E-state index contributed by atoms with van der Waals surface area (Å²) < 4.78 is 0. The van der Waals surface area contributed by atoms with Gasteiger partial charge in [0.1, 0.15) is 0 Å². The predicted octanol–water partition coefficient (Wildman–Crippen LogP) is 2.74. The monoisotopic (exact) mass is 182 g/mol. The number of rotatable bonds is 4. The Bertz CT molecular complexity index is 265. The Kier molecular flexibility index (Phi) is 3.29. The van der Waals surface area contributed by atoms with Crippen molar-refractivity contribution in [1.82, 2.24) is 0 Å². The highest BCUT2D eigenvalue weighted by atomic mass is 32.1. The number of anilines is 1. The van der Waals surface area contributed by atoms with Crippen LogP contribution < -0.4 is 5.32 Å². The minimum atomic E-state index is 0.917. The first kappa shape index (κ1) is 9.26. The minimum Gasteiger partial charge on any atom is -0.384 e. The highest BCUT2D eigenvalue weighted by molar-refractivity contribution is 7.14. The van der Waals surface area contributed by atoms with Crippen LogP contribution in [0.5, 0.6) is 0 Å². The highest BCUT2D eigenvalue weighted by Gasteiger charge is 2.03. The van der Waals surface area contributed by atoms with Gasteiger partial charge in [-0.05, 0) is 19.4 Å². The van der Waals surface area contributed by atoms with Crippen molar-refractivity contribution in [3.8, 4) is 0 Å². The van der Waals surface area contributed by atoms with Gasteiger partial charge in [0.25, 0.3) is 0 Å². The molecule has 66 valence electrons. The molecule has 0 spiro atoms. The topological polar surface area (TPSA) is 35.9 Å². The lowest BCUT2D eigenvalue weighted by atomic mass is 10.3. The van der Waals surface area contributed by atoms with Crippen LogP contribution in [-0.2, 0) is 6.42 Å². The first-order valence-electron chi connectivity index (χ1n) is 4.18. The molecule has 0 amide bonds. The smallest absolute Gasteiger partial charge is 0.0680 e. The lowest BCUT2D eigenvalue weighted by Gasteiger charge is -1.98. The van der Waals surface area contributed by atoms with Crippen molar-refractivity contribution in [1.29, 1.82) is 5.41 Å². The van der Waals surface area contributed by atoms with Crippen molar-refractivity contribution in [2.75, 3.05) is 11.9 Å². The van der Waals surface area contributed by atoms with Crippen LogP contribution in [-0.4, -0.2) is 12.8 Å². The third-order valence-electron chi connectivity index (χ3n) is 1.66. The zero-order valence-electron chi connectivity index (χ0n) is 7.48. The Morgan fingerprint density at radius 3 is 2.83 bits per heavy atom. The van der Waals surface area contributed by atoms with Crippen molar-refractivity contribution >= 4 is 23.2 Å². The summed E-state index contributed by atoms with van der Waals surface area (Å²) in [5, 5.41) is 10.4. The Hall–Kier alpha value is -0.830. The summed E-state index contributed by atoms with van der Waals surface area (Å²) in [5.41, 5.74) is 1.11. The van der Waals surface area contributed by atoms with Gasteiger partial charge in [-0.2, -0.15) is 0 Å². The van der Waals surface area contributed by atoms with Crippen LogP contribution in [0.1, 0.15) is 23.6 Å². The molecule has 0 aliphatic rings. The fourth-order valence-corrected chi connectivity index (χ4v) is 1.97. The van der Waals surface area contributed by atoms with E-state index in [2.05, 4.69) is 25.2 Å². The zero-order chi connectivity index (χ0) is 8.97. The van der Waals surface area contributed by atoms with Crippen molar-refractivity contribution in [3.63, 3.8) is 0 Å². The second-order valence-corrected chi connectivity index (χ2v) is 3.69. The third-order valence-corrected chi connectivity index (χ3v) is 2.89. The van der Waals surface area contributed by atoms with Gasteiger partial charge in [0.05, 0.1) is 10.6 Å². The van der Waals surface area contributed by atoms with Crippen molar-refractivity contribution in [3.05, 3.63) is 15.8 Å². The molecule has 1 aromatic rings. The minimum absolute atomic E-state index is 0.917. The van der Waals surface area contributed by atoms with E-state index in [-0.39, 0.29) is 0 Å². The maximum absolute atomic E-state index is 7.20. The van der Waals surface area contributed by atoms with Crippen molar-refractivity contribution in [2.45, 2.75) is 20.3 Å². The van der Waals surface area contributed by atoms with Gasteiger partial charge in [-0.3, -0.25) is 0 Å². The summed E-state index contributed by atoms with van der Waals surface area (Å²) in [6.07, 6.45) is 2.47. The molecule has 1 aromatic heterocycles. The Morgan fingerprint density at radius 1 is 1.58 bits per heavy atom. The third kappa shape index (κ3) is 1.85. The molecule has 12 heavy (non-hydrogen) atoms. The highest BCUT2D eigenvalue weighted by Crippen LogP contribution is 2.25. The molecule has 0 saturated carbocycles. The maximum Gasteiger partial charge on any atom is 0.0680 e. The summed E-state index contributed by atoms with van der Waals surface area (Å²) in [5.74, 6) is 0. The number of thiophene rings is 1. The Labute approximate surface area is 77.1 Å². The molecule has 0 fully saturated rings. The second-order valence-electron chi connectivity index (χ2n) is 2.52. The van der Waals surface area contributed by atoms with E-state index in [0.717, 1.165) is 23.5 Å². The molecule has 1 heterocycles. The molecule has 0 aliphatic carbocycles. The second kappa shape index (κ2) is 4.26. The van der Waals surface area contributed by atoms with Crippen LogP contribution in [0, 0.1) is 5.41 Å². The molecular formula is C9H14N2S. The van der Waals surface area contributed by atoms with E-state index in [1.165, 1.54) is 11.1 Å². The SMILES string of the molecule is CCNc1cc(CC)sc1C=N. The normalized spacial score (nSPS) is 9.83. The summed E-state index contributed by atoms with van der Waals surface area (Å²) in [6, 6.07) is 2.13. The van der Waals surface area contributed by atoms with Gasteiger partial charge in [-0.1, -0.05) is 6.92 Å². The van der Waals surface area contributed by atoms with E-state index in [0.29, 0.717) is 0 Å². The van der Waals surface area contributed by atoms with Gasteiger partial charge < -0.3 is 10.7 Å². The predicted molar refractivity (Wildman–Crippen MR) is 55.7 cm³/mol. The molecule has 0 unspecified atom stereocenters. The van der Waals surface area contributed by atoms with Crippen LogP contribution in [0.3, 0.4) is 0 Å². The molecule has 0 aromatic carbocycles. The summed E-state index contributed by atoms with van der Waals surface area (Å²) >= 11 is 1.69. The van der Waals surface area contributed by atoms with Crippen molar-refractivity contribution < 1.29 is 0 Å². The summed E-state index contributed by atoms with van der Waals surface area (Å²) in [4.78, 5) is 2.37. The van der Waals surface area contributed by atoms with E-state index in [9.17, 15) is 0 Å². The maximum atomic E-state index is 7.20. The number of nitrogens with one attached hydrogen (secondary N) is 2. The summed E-state index contributed by atoms with van der Waals surface area (Å²) in [6.45, 7) is 5.12. The standard InChI is InChI=1S/C9H14N2S/c1-3-7-5-8(11-4-2)9(6-10)12-7/h5-6,10-11H,3-4H2,1-2H3. The molecule has 2 N–H and O–H groups in total. The van der Waals surface area contributed by atoms with Gasteiger partial charge >= 0.3 is 0 Å². The fraction of sp³-hybridized carbons (Fsp3) is 0.444. The Morgan fingerprint density at radius 2 is 2.33 bits per heavy atom. The molecule has 0 aliphatic heterocycles. The average molecular weight is 182 g/mol. The van der Waals surface area contributed by atoms with E-state index in [1.54, 1.807) is 11.3 Å². The van der Waals surface area contributed by atoms with Crippen LogP contribution in [0.15, 0.2) is 6.07 Å². The Balaban J connectivity index is 2.91. The van der Waals surface area contributed by atoms with Gasteiger partial charge in [-0.25, -0.2) is 0 Å². The molecule has 0 saturated heterocycles. The molecule has 2 nitrogen and oxygen atoms in total. The molecule has 0 atom stereocenters. The quantitative estimate of drug-likeness (QED) is 0.690. The summed E-state index contributed by atoms with van der Waals surface area (Å²) in [7, 11) is 0. The van der Waals surface area contributed by atoms with E-state index in [4.69, 9.17) is 5.41 Å². The lowest BCUT2D eigenvalue weighted by molar-refractivity contribution is 1.18. The first-order chi connectivity index (χ1) is 5.81. The van der Waals surface area contributed by atoms with E-state index < -0.39 is 0 Å². The largest absolute Gasteiger partial charge is 0.384 e. The molecule has 0 radical (unpaired) electrons. The lowest BCUT2D eigenvalue weighted by Crippen LogP contribution is -1.96. The van der Waals surface area contributed by atoms with Crippen LogP contribution in [0.4, 0.5) is 5.69 Å². The fourth-order valence-electron chi connectivity index (χ4n) is 1.07. The average Bonchev–Trinajstić information content (AvgIpc) is 2.48. The van der Waals surface area contributed by atoms with Crippen molar-refractivity contribution in [2.24, 2.45) is 0 Å². The first-order valence-corrected chi connectivity index (χ1v) is 5.00. The van der Waals surface area contributed by atoms with E-state index >= 15 is 0 Å². The van der Waals surface area contributed by atoms with Crippen LogP contribution >= 0.6 is 11.3 Å². The molecule has 3 heteroatoms. The van der Waals surface area contributed by atoms with Gasteiger partial charge in [0, 0.05) is 17.6 Å². The molecule has 0 bridgehead atoms. The van der Waals surface area contributed by atoms with Gasteiger partial charge in [0.2, 0.25) is 0 Å². The van der Waals surface area contributed by atoms with Gasteiger partial charge in [0.15, 0.2) is 0 Å². The number of aryl methyl sites for hydroxylation is 1. The molecular weight excluding hydrogens is 168 g/mol. The van der Waals surface area contributed by atoms with E-state index in [1.807, 2.05) is 0 Å². The number of hydrogen-bond acceptors (Lipinski definition) is 3. The molecule has 1 rings (SSSR count). The number of hydrogen-bond donors (Lipinski definition) is 2. The zero-order valence-corrected chi connectivity index (χ0v) is 8.29. The van der Waals surface area contributed by atoms with Gasteiger partial charge in [-0.15, -0.1) is 11.3 Å². The van der Waals surface area contributed by atoms with Crippen LogP contribution in [0.25, 0.3) is 0 Å². The van der Waals surface area contributed by atoms with Crippen LogP contribution in [0.2, 0.25) is 0 Å².